The van der Waals surface area contributed by atoms with E-state index in [1.165, 1.54) is 5.56 Å². The maximum absolute atomic E-state index is 6.22. The van der Waals surface area contributed by atoms with Gasteiger partial charge in [-0.3, -0.25) is 4.90 Å². The van der Waals surface area contributed by atoms with Crippen LogP contribution in [0.4, 0.5) is 0 Å². The van der Waals surface area contributed by atoms with Crippen molar-refractivity contribution in [2.24, 2.45) is 0 Å². The van der Waals surface area contributed by atoms with Gasteiger partial charge < -0.3 is 9.72 Å². The van der Waals surface area contributed by atoms with Crippen molar-refractivity contribution in [1.29, 1.82) is 0 Å². The standard InChI is InChI=1S/C12H14ClN3O/c13-10-1-2-14-12-11(10)9(7-15-12)8-16-3-5-17-6-4-16/h1-2,7H,3-6,8H2,(H,14,15). The van der Waals surface area contributed by atoms with Crippen LogP contribution in [0.15, 0.2) is 18.5 Å². The van der Waals surface area contributed by atoms with E-state index in [4.69, 9.17) is 16.3 Å². The zero-order valence-electron chi connectivity index (χ0n) is 9.45. The molecule has 1 aliphatic rings. The van der Waals surface area contributed by atoms with Gasteiger partial charge in [-0.1, -0.05) is 11.6 Å². The highest BCUT2D eigenvalue weighted by molar-refractivity contribution is 6.35. The predicted molar refractivity (Wildman–Crippen MR) is 67.2 cm³/mol. The van der Waals surface area contributed by atoms with Crippen molar-refractivity contribution in [2.75, 3.05) is 26.3 Å². The number of aromatic nitrogens is 2. The molecule has 1 fully saturated rings. The Balaban J connectivity index is 1.89. The Bertz CT molecular complexity index is 519. The molecule has 4 nitrogen and oxygen atoms in total. The van der Waals surface area contributed by atoms with Crippen molar-refractivity contribution in [3.63, 3.8) is 0 Å². The Kier molecular flexibility index (Phi) is 3.01. The molecular formula is C12H14ClN3O. The van der Waals surface area contributed by atoms with Gasteiger partial charge in [0.05, 0.1) is 18.2 Å². The lowest BCUT2D eigenvalue weighted by Gasteiger charge is -2.26. The van der Waals surface area contributed by atoms with E-state index in [1.54, 1.807) is 6.20 Å². The van der Waals surface area contributed by atoms with Gasteiger partial charge in [0.25, 0.3) is 0 Å². The van der Waals surface area contributed by atoms with Crippen LogP contribution in [0.3, 0.4) is 0 Å². The van der Waals surface area contributed by atoms with Gasteiger partial charge in [-0.2, -0.15) is 0 Å². The van der Waals surface area contributed by atoms with Gasteiger partial charge in [0.1, 0.15) is 5.65 Å². The molecule has 0 bridgehead atoms. The Morgan fingerprint density at radius 2 is 2.24 bits per heavy atom. The highest BCUT2D eigenvalue weighted by atomic mass is 35.5. The molecule has 0 spiro atoms. The van der Waals surface area contributed by atoms with E-state index in [-0.39, 0.29) is 0 Å². The number of hydrogen-bond donors (Lipinski definition) is 1. The second-order valence-electron chi connectivity index (χ2n) is 4.22. The summed E-state index contributed by atoms with van der Waals surface area (Å²) in [6.07, 6.45) is 3.72. The third kappa shape index (κ3) is 2.16. The average Bonchev–Trinajstić information content (AvgIpc) is 2.75. The van der Waals surface area contributed by atoms with Crippen LogP contribution in [0.1, 0.15) is 5.56 Å². The lowest BCUT2D eigenvalue weighted by Crippen LogP contribution is -2.35. The van der Waals surface area contributed by atoms with Crippen LogP contribution in [-0.2, 0) is 11.3 Å². The van der Waals surface area contributed by atoms with Crippen molar-refractivity contribution in [3.8, 4) is 0 Å². The summed E-state index contributed by atoms with van der Waals surface area (Å²) in [5.41, 5.74) is 2.07. The number of nitrogens with zero attached hydrogens (tertiary/aromatic N) is 2. The fourth-order valence-electron chi connectivity index (χ4n) is 2.21. The summed E-state index contributed by atoms with van der Waals surface area (Å²) in [7, 11) is 0. The topological polar surface area (TPSA) is 41.2 Å². The summed E-state index contributed by atoms with van der Waals surface area (Å²) < 4.78 is 5.34. The third-order valence-electron chi connectivity index (χ3n) is 3.10. The molecule has 3 heterocycles. The monoisotopic (exact) mass is 251 g/mol. The minimum absolute atomic E-state index is 0.763. The molecule has 1 aliphatic heterocycles. The predicted octanol–water partition coefficient (Wildman–Crippen LogP) is 2.05. The highest BCUT2D eigenvalue weighted by Gasteiger charge is 2.14. The number of aromatic amines is 1. The van der Waals surface area contributed by atoms with Crippen molar-refractivity contribution in [3.05, 3.63) is 29.0 Å². The second-order valence-corrected chi connectivity index (χ2v) is 4.63. The van der Waals surface area contributed by atoms with Crippen molar-refractivity contribution in [2.45, 2.75) is 6.54 Å². The van der Waals surface area contributed by atoms with Crippen LogP contribution in [0.25, 0.3) is 11.0 Å². The Hall–Kier alpha value is -1.10. The number of halogens is 1. The molecule has 0 radical (unpaired) electrons. The first-order valence-corrected chi connectivity index (χ1v) is 6.13. The number of ether oxygens (including phenoxy) is 1. The van der Waals surface area contributed by atoms with E-state index in [1.807, 2.05) is 12.3 Å². The first-order chi connectivity index (χ1) is 8.34. The molecule has 5 heteroatoms. The van der Waals surface area contributed by atoms with E-state index < -0.39 is 0 Å². The Morgan fingerprint density at radius 3 is 3.06 bits per heavy atom. The Morgan fingerprint density at radius 1 is 1.41 bits per heavy atom. The van der Waals surface area contributed by atoms with Crippen molar-refractivity contribution >= 4 is 22.6 Å². The molecule has 2 aromatic rings. The number of rotatable bonds is 2. The Labute approximate surface area is 105 Å². The smallest absolute Gasteiger partial charge is 0.139 e. The van der Waals surface area contributed by atoms with Gasteiger partial charge in [0.2, 0.25) is 0 Å². The van der Waals surface area contributed by atoms with Gasteiger partial charge in [-0.05, 0) is 11.6 Å². The van der Waals surface area contributed by atoms with E-state index in [2.05, 4.69) is 14.9 Å². The first kappa shape index (κ1) is 11.0. The highest BCUT2D eigenvalue weighted by Crippen LogP contribution is 2.25. The molecule has 3 rings (SSSR count). The number of nitrogens with one attached hydrogen (secondary N) is 1. The quantitative estimate of drug-likeness (QED) is 0.888. The maximum atomic E-state index is 6.22. The first-order valence-electron chi connectivity index (χ1n) is 5.75. The van der Waals surface area contributed by atoms with Crippen LogP contribution in [-0.4, -0.2) is 41.2 Å². The molecule has 0 saturated carbocycles. The number of pyridine rings is 1. The lowest BCUT2D eigenvalue weighted by molar-refractivity contribution is 0.0344. The number of hydrogen-bond acceptors (Lipinski definition) is 3. The summed E-state index contributed by atoms with van der Waals surface area (Å²) in [6, 6.07) is 1.83. The van der Waals surface area contributed by atoms with Gasteiger partial charge in [0, 0.05) is 37.4 Å². The molecule has 1 N–H and O–H groups in total. The number of fused-ring (bicyclic) bond motifs is 1. The molecule has 0 aromatic carbocycles. The van der Waals surface area contributed by atoms with Crippen LogP contribution in [0.5, 0.6) is 0 Å². The minimum Gasteiger partial charge on any atom is -0.379 e. The van der Waals surface area contributed by atoms with E-state index in [0.717, 1.165) is 48.9 Å². The normalized spacial score (nSPS) is 17.7. The second kappa shape index (κ2) is 4.64. The molecule has 1 saturated heterocycles. The van der Waals surface area contributed by atoms with Crippen LogP contribution in [0, 0.1) is 0 Å². The summed E-state index contributed by atoms with van der Waals surface area (Å²) >= 11 is 6.22. The SMILES string of the molecule is Clc1ccnc2[nH]cc(CN3CCOCC3)c12. The molecular weight excluding hydrogens is 238 g/mol. The average molecular weight is 252 g/mol. The fraction of sp³-hybridized carbons (Fsp3) is 0.417. The van der Waals surface area contributed by atoms with Crippen LogP contribution >= 0.6 is 11.6 Å². The van der Waals surface area contributed by atoms with Gasteiger partial charge >= 0.3 is 0 Å². The van der Waals surface area contributed by atoms with Crippen LogP contribution in [0.2, 0.25) is 5.02 Å². The molecule has 0 atom stereocenters. The van der Waals surface area contributed by atoms with Gasteiger partial charge in [0.15, 0.2) is 0 Å². The molecule has 0 aliphatic carbocycles. The van der Waals surface area contributed by atoms with Gasteiger partial charge in [-0.25, -0.2) is 4.98 Å². The zero-order chi connectivity index (χ0) is 11.7. The summed E-state index contributed by atoms with van der Waals surface area (Å²) in [4.78, 5) is 9.81. The van der Waals surface area contributed by atoms with E-state index >= 15 is 0 Å². The summed E-state index contributed by atoms with van der Waals surface area (Å²) in [5.74, 6) is 0. The van der Waals surface area contributed by atoms with Crippen LogP contribution < -0.4 is 0 Å². The number of morpholine rings is 1. The number of H-pyrrole nitrogens is 1. The lowest BCUT2D eigenvalue weighted by atomic mass is 10.2. The molecule has 90 valence electrons. The van der Waals surface area contributed by atoms with Crippen molar-refractivity contribution < 1.29 is 4.74 Å². The minimum atomic E-state index is 0.763. The third-order valence-corrected chi connectivity index (χ3v) is 3.42. The molecule has 0 unspecified atom stereocenters. The largest absolute Gasteiger partial charge is 0.379 e. The van der Waals surface area contributed by atoms with Gasteiger partial charge in [-0.15, -0.1) is 0 Å². The van der Waals surface area contributed by atoms with E-state index in [0.29, 0.717) is 0 Å². The fourth-order valence-corrected chi connectivity index (χ4v) is 2.47. The summed E-state index contributed by atoms with van der Waals surface area (Å²) in [6.45, 7) is 4.48. The maximum Gasteiger partial charge on any atom is 0.139 e. The van der Waals surface area contributed by atoms with Crippen molar-refractivity contribution in [1.82, 2.24) is 14.9 Å². The zero-order valence-corrected chi connectivity index (χ0v) is 10.2. The molecule has 2 aromatic heterocycles. The summed E-state index contributed by atoms with van der Waals surface area (Å²) in [5, 5.41) is 1.81. The molecule has 17 heavy (non-hydrogen) atoms. The molecule has 0 amide bonds. The van der Waals surface area contributed by atoms with E-state index in [9.17, 15) is 0 Å².